The molecule has 2 aliphatic rings. The minimum absolute atomic E-state index is 0.0443. The van der Waals surface area contributed by atoms with Crippen molar-refractivity contribution in [1.82, 2.24) is 5.32 Å². The number of carbonyl (C=O) groups excluding carboxylic acids is 1. The van der Waals surface area contributed by atoms with Gasteiger partial charge in [0.25, 0.3) is 0 Å². The third-order valence-electron chi connectivity index (χ3n) is 5.48. The lowest BCUT2D eigenvalue weighted by Gasteiger charge is -2.46. The van der Waals surface area contributed by atoms with Crippen molar-refractivity contribution in [2.75, 3.05) is 7.11 Å². The van der Waals surface area contributed by atoms with Crippen LogP contribution < -0.4 is 5.32 Å². The van der Waals surface area contributed by atoms with E-state index >= 15 is 0 Å². The summed E-state index contributed by atoms with van der Waals surface area (Å²) in [5.74, 6) is 0.900. The van der Waals surface area contributed by atoms with Gasteiger partial charge < -0.3 is 4.74 Å². The molecule has 0 radical (unpaired) electrons. The van der Waals surface area contributed by atoms with Gasteiger partial charge in [0.15, 0.2) is 0 Å². The second-order valence-corrected chi connectivity index (χ2v) is 6.60. The third-order valence-corrected chi connectivity index (χ3v) is 5.48. The van der Waals surface area contributed by atoms with Gasteiger partial charge in [-0.1, -0.05) is 46.0 Å². The molecule has 2 rings (SSSR count). The van der Waals surface area contributed by atoms with E-state index in [0.29, 0.717) is 17.9 Å². The van der Waals surface area contributed by atoms with Crippen molar-refractivity contribution in [1.29, 1.82) is 0 Å². The van der Waals surface area contributed by atoms with Crippen molar-refractivity contribution in [2.24, 2.45) is 11.8 Å². The molecule has 0 aliphatic heterocycles. The summed E-state index contributed by atoms with van der Waals surface area (Å²) in [5.41, 5.74) is -0.436. The quantitative estimate of drug-likeness (QED) is 0.798. The lowest BCUT2D eigenvalue weighted by atomic mass is 9.67. The van der Waals surface area contributed by atoms with Crippen molar-refractivity contribution in [2.45, 2.75) is 76.8 Å². The molecule has 0 saturated heterocycles. The summed E-state index contributed by atoms with van der Waals surface area (Å²) in [7, 11) is 1.53. The van der Waals surface area contributed by atoms with Crippen LogP contribution in [0, 0.1) is 11.8 Å². The molecule has 0 aromatic heterocycles. The molecule has 0 aromatic rings. The summed E-state index contributed by atoms with van der Waals surface area (Å²) in [6.45, 7) is 4.49. The van der Waals surface area contributed by atoms with Gasteiger partial charge in [0, 0.05) is 6.04 Å². The summed E-state index contributed by atoms with van der Waals surface area (Å²) in [5, 5.41) is 3.73. The standard InChI is InChI=1S/C16H29NO2/c1-12-8-7-11-16(13(12)2,15(18)19-3)17-14-9-5-4-6-10-14/h12-14,17H,4-11H2,1-3H3. The van der Waals surface area contributed by atoms with Crippen molar-refractivity contribution in [3.63, 3.8) is 0 Å². The minimum Gasteiger partial charge on any atom is -0.468 e. The molecule has 1 N–H and O–H groups in total. The number of hydrogen-bond donors (Lipinski definition) is 1. The zero-order valence-corrected chi connectivity index (χ0v) is 12.7. The van der Waals surface area contributed by atoms with Gasteiger partial charge in [-0.25, -0.2) is 0 Å². The Bertz CT molecular complexity index is 312. The monoisotopic (exact) mass is 267 g/mol. The van der Waals surface area contributed by atoms with Crippen molar-refractivity contribution in [3.05, 3.63) is 0 Å². The normalized spacial score (nSPS) is 37.0. The number of esters is 1. The molecular weight excluding hydrogens is 238 g/mol. The van der Waals surface area contributed by atoms with E-state index in [4.69, 9.17) is 4.74 Å². The zero-order valence-electron chi connectivity index (χ0n) is 12.7. The Hall–Kier alpha value is -0.570. The highest BCUT2D eigenvalue weighted by Crippen LogP contribution is 2.39. The van der Waals surface area contributed by atoms with Gasteiger partial charge in [-0.15, -0.1) is 0 Å². The number of hydrogen-bond acceptors (Lipinski definition) is 3. The second kappa shape index (κ2) is 6.25. The number of nitrogens with one attached hydrogen (secondary N) is 1. The Labute approximate surface area is 117 Å². The fourth-order valence-corrected chi connectivity index (χ4v) is 4.01. The summed E-state index contributed by atoms with van der Waals surface area (Å²) in [4.78, 5) is 12.4. The fraction of sp³-hybridized carbons (Fsp3) is 0.938. The van der Waals surface area contributed by atoms with Crippen LogP contribution in [-0.2, 0) is 9.53 Å². The van der Waals surface area contributed by atoms with E-state index in [1.54, 1.807) is 0 Å². The Morgan fingerprint density at radius 3 is 2.42 bits per heavy atom. The molecule has 0 spiro atoms. The Kier molecular flexibility index (Phi) is 4.88. The maximum atomic E-state index is 12.4. The first kappa shape index (κ1) is 14.8. The van der Waals surface area contributed by atoms with Gasteiger partial charge >= 0.3 is 5.97 Å². The van der Waals surface area contributed by atoms with E-state index in [1.807, 2.05) is 0 Å². The fourth-order valence-electron chi connectivity index (χ4n) is 4.01. The largest absolute Gasteiger partial charge is 0.468 e. The van der Waals surface area contributed by atoms with Crippen LogP contribution in [0.25, 0.3) is 0 Å². The molecule has 0 heterocycles. The van der Waals surface area contributed by atoms with Gasteiger partial charge in [0.1, 0.15) is 5.54 Å². The smallest absolute Gasteiger partial charge is 0.326 e. The molecule has 3 atom stereocenters. The highest BCUT2D eigenvalue weighted by molar-refractivity contribution is 5.81. The molecule has 110 valence electrons. The first-order valence-corrected chi connectivity index (χ1v) is 7.96. The van der Waals surface area contributed by atoms with Gasteiger partial charge in [-0.2, -0.15) is 0 Å². The summed E-state index contributed by atoms with van der Waals surface area (Å²) in [6.07, 6.45) is 9.63. The lowest BCUT2D eigenvalue weighted by Crippen LogP contribution is -2.63. The molecule has 2 saturated carbocycles. The van der Waals surface area contributed by atoms with E-state index in [-0.39, 0.29) is 5.97 Å². The summed E-state index contributed by atoms with van der Waals surface area (Å²) < 4.78 is 5.15. The topological polar surface area (TPSA) is 38.3 Å². The Balaban J connectivity index is 2.15. The average molecular weight is 267 g/mol. The molecular formula is C16H29NO2. The predicted molar refractivity (Wildman–Crippen MR) is 76.9 cm³/mol. The Morgan fingerprint density at radius 1 is 1.11 bits per heavy atom. The highest BCUT2D eigenvalue weighted by atomic mass is 16.5. The lowest BCUT2D eigenvalue weighted by molar-refractivity contribution is -0.155. The maximum Gasteiger partial charge on any atom is 0.326 e. The second-order valence-electron chi connectivity index (χ2n) is 6.60. The maximum absolute atomic E-state index is 12.4. The van der Waals surface area contributed by atoms with Crippen LogP contribution in [-0.4, -0.2) is 24.7 Å². The average Bonchev–Trinajstić information content (AvgIpc) is 2.44. The molecule has 19 heavy (non-hydrogen) atoms. The van der Waals surface area contributed by atoms with Crippen LogP contribution >= 0.6 is 0 Å². The van der Waals surface area contributed by atoms with Crippen LogP contribution in [0.1, 0.15) is 65.2 Å². The van der Waals surface area contributed by atoms with Crippen molar-refractivity contribution < 1.29 is 9.53 Å². The number of rotatable bonds is 3. The van der Waals surface area contributed by atoms with E-state index in [1.165, 1.54) is 45.6 Å². The van der Waals surface area contributed by atoms with Crippen molar-refractivity contribution in [3.8, 4) is 0 Å². The van der Waals surface area contributed by atoms with E-state index in [9.17, 15) is 4.79 Å². The molecule has 3 unspecified atom stereocenters. The van der Waals surface area contributed by atoms with Crippen LogP contribution in [0.15, 0.2) is 0 Å². The van der Waals surface area contributed by atoms with Gasteiger partial charge in [-0.05, 0) is 31.1 Å². The van der Waals surface area contributed by atoms with Crippen LogP contribution in [0.5, 0.6) is 0 Å². The van der Waals surface area contributed by atoms with Crippen LogP contribution in [0.4, 0.5) is 0 Å². The van der Waals surface area contributed by atoms with E-state index in [0.717, 1.165) is 12.8 Å². The molecule has 3 heteroatoms. The van der Waals surface area contributed by atoms with Gasteiger partial charge in [-0.3, -0.25) is 10.1 Å². The van der Waals surface area contributed by atoms with Gasteiger partial charge in [0.05, 0.1) is 7.11 Å². The first-order valence-electron chi connectivity index (χ1n) is 7.96. The zero-order chi connectivity index (χ0) is 13.9. The number of carbonyl (C=O) groups is 1. The van der Waals surface area contributed by atoms with E-state index < -0.39 is 5.54 Å². The Morgan fingerprint density at radius 2 is 1.79 bits per heavy atom. The SMILES string of the molecule is COC(=O)C1(NC2CCCCC2)CCCC(C)C1C. The predicted octanol–water partition coefficient (Wildman–Crippen LogP) is 3.28. The van der Waals surface area contributed by atoms with Crippen LogP contribution in [0.2, 0.25) is 0 Å². The molecule has 0 aromatic carbocycles. The van der Waals surface area contributed by atoms with Crippen LogP contribution in [0.3, 0.4) is 0 Å². The summed E-state index contributed by atoms with van der Waals surface area (Å²) >= 11 is 0. The highest BCUT2D eigenvalue weighted by Gasteiger charge is 2.49. The van der Waals surface area contributed by atoms with Crippen molar-refractivity contribution >= 4 is 5.97 Å². The molecule has 2 fully saturated rings. The third kappa shape index (κ3) is 2.96. The molecule has 3 nitrogen and oxygen atoms in total. The molecule has 0 amide bonds. The first-order chi connectivity index (χ1) is 9.10. The molecule has 0 bridgehead atoms. The summed E-state index contributed by atoms with van der Waals surface area (Å²) in [6, 6.07) is 0.501. The van der Waals surface area contributed by atoms with E-state index in [2.05, 4.69) is 19.2 Å². The number of methoxy groups -OCH3 is 1. The minimum atomic E-state index is -0.436. The molecule has 2 aliphatic carbocycles. The van der Waals surface area contributed by atoms with Gasteiger partial charge in [0.2, 0.25) is 0 Å². The number of ether oxygens (including phenoxy) is 1.